The summed E-state index contributed by atoms with van der Waals surface area (Å²) in [6.07, 6.45) is -0.402. The summed E-state index contributed by atoms with van der Waals surface area (Å²) in [5, 5.41) is 6.05. The van der Waals surface area contributed by atoms with E-state index in [1.54, 1.807) is 26.1 Å². The highest BCUT2D eigenvalue weighted by Crippen LogP contribution is 2.27. The lowest BCUT2D eigenvalue weighted by molar-refractivity contribution is -0.130. The number of anilines is 1. The third-order valence-corrected chi connectivity index (χ3v) is 6.25. The number of hydrogen-bond acceptors (Lipinski definition) is 4. The van der Waals surface area contributed by atoms with Crippen LogP contribution in [0.2, 0.25) is 5.02 Å². The fourth-order valence-electron chi connectivity index (χ4n) is 3.99. The van der Waals surface area contributed by atoms with E-state index in [9.17, 15) is 14.4 Å². The molecule has 0 saturated heterocycles. The van der Waals surface area contributed by atoms with Gasteiger partial charge in [-0.1, -0.05) is 72.3 Å². The zero-order chi connectivity index (χ0) is 25.7. The van der Waals surface area contributed by atoms with Gasteiger partial charge in [0.05, 0.1) is 11.4 Å². The van der Waals surface area contributed by atoms with Gasteiger partial charge in [-0.05, 0) is 37.1 Å². The van der Waals surface area contributed by atoms with Gasteiger partial charge in [0.2, 0.25) is 18.0 Å². The molecule has 0 radical (unpaired) electrons. The summed E-state index contributed by atoms with van der Waals surface area (Å²) < 4.78 is 0. The van der Waals surface area contributed by atoms with E-state index in [1.165, 1.54) is 4.90 Å². The molecule has 1 heterocycles. The molecule has 2 atom stereocenters. The summed E-state index contributed by atoms with van der Waals surface area (Å²) in [5.41, 5.74) is 3.90. The molecule has 3 aromatic rings. The van der Waals surface area contributed by atoms with Gasteiger partial charge in [0.25, 0.3) is 5.91 Å². The molecule has 3 aromatic carbocycles. The van der Waals surface area contributed by atoms with Crippen LogP contribution in [0.4, 0.5) is 5.69 Å². The molecule has 4 rings (SSSR count). The molecule has 0 saturated carbocycles. The van der Waals surface area contributed by atoms with Crippen LogP contribution < -0.4 is 15.5 Å². The molecule has 0 unspecified atom stereocenters. The number of nitrogens with zero attached hydrogens (tertiary/aromatic N) is 2. The molecule has 0 fully saturated rings. The molecule has 0 aromatic heterocycles. The van der Waals surface area contributed by atoms with Crippen molar-refractivity contribution in [3.8, 4) is 0 Å². The predicted octanol–water partition coefficient (Wildman–Crippen LogP) is 3.73. The van der Waals surface area contributed by atoms with Crippen LogP contribution in [0.5, 0.6) is 0 Å². The number of fused-ring (bicyclic) bond motifs is 1. The van der Waals surface area contributed by atoms with Crippen LogP contribution in [0.1, 0.15) is 30.0 Å². The van der Waals surface area contributed by atoms with Gasteiger partial charge in [-0.2, -0.15) is 0 Å². The Morgan fingerprint density at radius 3 is 2.39 bits per heavy atom. The number of benzodiazepines with no additional fused rings is 1. The number of benzene rings is 3. The van der Waals surface area contributed by atoms with Crippen molar-refractivity contribution in [2.75, 3.05) is 11.9 Å². The van der Waals surface area contributed by atoms with Crippen LogP contribution in [0.3, 0.4) is 0 Å². The number of carbonyl (C=O) groups excluding carboxylic acids is 3. The van der Waals surface area contributed by atoms with Crippen molar-refractivity contribution in [3.05, 3.63) is 101 Å². The van der Waals surface area contributed by atoms with Gasteiger partial charge in [0, 0.05) is 29.6 Å². The number of rotatable bonds is 7. The number of para-hydroxylation sites is 1. The maximum atomic E-state index is 13.3. The van der Waals surface area contributed by atoms with E-state index in [1.807, 2.05) is 66.7 Å². The highest BCUT2D eigenvalue weighted by atomic mass is 35.5. The topological polar surface area (TPSA) is 90.9 Å². The van der Waals surface area contributed by atoms with E-state index in [-0.39, 0.29) is 18.2 Å². The highest BCUT2D eigenvalue weighted by molar-refractivity contribution is 6.30. The van der Waals surface area contributed by atoms with E-state index in [0.29, 0.717) is 22.8 Å². The Morgan fingerprint density at radius 1 is 1.00 bits per heavy atom. The maximum Gasteiger partial charge on any atom is 0.272 e. The van der Waals surface area contributed by atoms with E-state index < -0.39 is 18.1 Å². The van der Waals surface area contributed by atoms with Crippen molar-refractivity contribution in [3.63, 3.8) is 0 Å². The zero-order valence-electron chi connectivity index (χ0n) is 20.1. The number of likely N-dealkylation sites (N-methyl/N-ethyl adjacent to an activating group) is 1. The van der Waals surface area contributed by atoms with Crippen LogP contribution in [0, 0.1) is 0 Å². The van der Waals surface area contributed by atoms with Gasteiger partial charge in [-0.3, -0.25) is 14.4 Å². The minimum atomic E-state index is -1.14. The minimum absolute atomic E-state index is 0.218. The number of halogens is 1. The summed E-state index contributed by atoms with van der Waals surface area (Å²) in [5.74, 6) is -1.13. The number of nitrogens with one attached hydrogen (secondary N) is 2. The predicted molar refractivity (Wildman–Crippen MR) is 141 cm³/mol. The SMILES string of the molecule is C[C@H](NC(=O)CCc1ccc(Cl)cc1)C(=O)N[C@H]1N=C(c2ccccc2)c2ccccc2N(C)C1=O. The maximum absolute atomic E-state index is 13.3. The average Bonchev–Trinajstić information content (AvgIpc) is 2.99. The van der Waals surface area contributed by atoms with Crippen molar-refractivity contribution in [2.24, 2.45) is 4.99 Å². The number of amides is 3. The Morgan fingerprint density at radius 2 is 1.67 bits per heavy atom. The van der Waals surface area contributed by atoms with Crippen LogP contribution in [-0.4, -0.2) is 42.7 Å². The Hall–Kier alpha value is -3.97. The van der Waals surface area contributed by atoms with Gasteiger partial charge in [-0.15, -0.1) is 0 Å². The van der Waals surface area contributed by atoms with Gasteiger partial charge in [-0.25, -0.2) is 4.99 Å². The standard InChI is InChI=1S/C28H27ClN4O3/c1-18(30-24(34)17-14-19-12-15-21(29)16-13-19)27(35)32-26-28(36)33(2)23-11-7-6-10-22(23)25(31-26)20-8-4-3-5-9-20/h3-13,15-16,18,26H,14,17H2,1-2H3,(H,30,34)(H,32,35)/t18-,26+/m0/s1. The Bertz CT molecular complexity index is 1290. The molecule has 0 aliphatic carbocycles. The number of hydrogen-bond donors (Lipinski definition) is 2. The van der Waals surface area contributed by atoms with Crippen molar-refractivity contribution in [2.45, 2.75) is 32.0 Å². The number of aliphatic imine (C=N–C) groups is 1. The lowest BCUT2D eigenvalue weighted by Crippen LogP contribution is -2.52. The van der Waals surface area contributed by atoms with Gasteiger partial charge in [0.15, 0.2) is 0 Å². The van der Waals surface area contributed by atoms with Crippen molar-refractivity contribution >= 4 is 40.7 Å². The Kier molecular flexibility index (Phi) is 7.80. The lowest BCUT2D eigenvalue weighted by Gasteiger charge is -2.22. The van der Waals surface area contributed by atoms with Crippen LogP contribution in [0.25, 0.3) is 0 Å². The molecule has 7 nitrogen and oxygen atoms in total. The first-order valence-electron chi connectivity index (χ1n) is 11.7. The number of aryl methyl sites for hydroxylation is 1. The first kappa shape index (κ1) is 25.1. The van der Waals surface area contributed by atoms with Crippen molar-refractivity contribution < 1.29 is 14.4 Å². The lowest BCUT2D eigenvalue weighted by atomic mass is 10.0. The third-order valence-electron chi connectivity index (χ3n) is 5.99. The second-order valence-electron chi connectivity index (χ2n) is 8.58. The molecule has 8 heteroatoms. The molecule has 1 aliphatic heterocycles. The summed E-state index contributed by atoms with van der Waals surface area (Å²) in [4.78, 5) is 44.8. The molecule has 2 N–H and O–H groups in total. The fourth-order valence-corrected chi connectivity index (χ4v) is 4.12. The second kappa shape index (κ2) is 11.2. The van der Waals surface area contributed by atoms with Crippen LogP contribution in [0.15, 0.2) is 83.9 Å². The Labute approximate surface area is 215 Å². The van der Waals surface area contributed by atoms with E-state index in [0.717, 1.165) is 16.7 Å². The van der Waals surface area contributed by atoms with E-state index in [2.05, 4.69) is 15.6 Å². The Balaban J connectivity index is 1.48. The number of carbonyl (C=O) groups is 3. The molecule has 0 bridgehead atoms. The third kappa shape index (κ3) is 5.80. The smallest absolute Gasteiger partial charge is 0.272 e. The zero-order valence-corrected chi connectivity index (χ0v) is 20.8. The van der Waals surface area contributed by atoms with E-state index >= 15 is 0 Å². The van der Waals surface area contributed by atoms with Crippen LogP contribution >= 0.6 is 11.6 Å². The fraction of sp³-hybridized carbons (Fsp3) is 0.214. The van der Waals surface area contributed by atoms with Gasteiger partial charge >= 0.3 is 0 Å². The normalized spacial score (nSPS) is 15.9. The molecular weight excluding hydrogens is 476 g/mol. The first-order valence-corrected chi connectivity index (χ1v) is 12.1. The summed E-state index contributed by atoms with van der Waals surface area (Å²) >= 11 is 5.90. The van der Waals surface area contributed by atoms with Crippen LogP contribution in [-0.2, 0) is 20.8 Å². The molecular formula is C28H27ClN4O3. The average molecular weight is 503 g/mol. The molecule has 36 heavy (non-hydrogen) atoms. The summed E-state index contributed by atoms with van der Waals surface area (Å²) in [7, 11) is 1.66. The summed E-state index contributed by atoms with van der Waals surface area (Å²) in [6.45, 7) is 1.58. The largest absolute Gasteiger partial charge is 0.345 e. The van der Waals surface area contributed by atoms with Gasteiger partial charge < -0.3 is 15.5 Å². The monoisotopic (exact) mass is 502 g/mol. The molecule has 1 aliphatic rings. The quantitative estimate of drug-likeness (QED) is 0.515. The molecule has 0 spiro atoms. The summed E-state index contributed by atoms with van der Waals surface area (Å²) in [6, 6.07) is 23.4. The first-order chi connectivity index (χ1) is 17.3. The molecule has 3 amide bonds. The highest BCUT2D eigenvalue weighted by Gasteiger charge is 2.32. The van der Waals surface area contributed by atoms with E-state index in [4.69, 9.17) is 11.6 Å². The minimum Gasteiger partial charge on any atom is -0.345 e. The van der Waals surface area contributed by atoms with Crippen molar-refractivity contribution in [1.82, 2.24) is 10.6 Å². The van der Waals surface area contributed by atoms with Gasteiger partial charge in [0.1, 0.15) is 6.04 Å². The van der Waals surface area contributed by atoms with Crippen molar-refractivity contribution in [1.29, 1.82) is 0 Å². The second-order valence-corrected chi connectivity index (χ2v) is 9.02. The molecule has 184 valence electrons.